The highest BCUT2D eigenvalue weighted by Crippen LogP contribution is 2.17. The largest absolute Gasteiger partial charge is 0.369 e. The number of nitriles is 1. The lowest BCUT2D eigenvalue weighted by Gasteiger charge is -2.18. The summed E-state index contributed by atoms with van der Waals surface area (Å²) in [5.41, 5.74) is 0.387. The van der Waals surface area contributed by atoms with E-state index in [0.29, 0.717) is 0 Å². The van der Waals surface area contributed by atoms with Gasteiger partial charge in [0.25, 0.3) is 6.43 Å². The molecular formula is C10H9F3N2. The second-order valence-corrected chi connectivity index (χ2v) is 3.08. The van der Waals surface area contributed by atoms with Crippen LogP contribution >= 0.6 is 0 Å². The summed E-state index contributed by atoms with van der Waals surface area (Å²) in [5.74, 6) is -0.606. The molecule has 1 aromatic carbocycles. The first-order chi connectivity index (χ1) is 7.02. The van der Waals surface area contributed by atoms with Gasteiger partial charge in [-0.2, -0.15) is 5.26 Å². The van der Waals surface area contributed by atoms with Crippen LogP contribution in [0.15, 0.2) is 18.2 Å². The second-order valence-electron chi connectivity index (χ2n) is 3.08. The van der Waals surface area contributed by atoms with Crippen LogP contribution in [0.4, 0.5) is 18.9 Å². The Bertz CT molecular complexity index is 385. The van der Waals surface area contributed by atoms with Crippen molar-refractivity contribution < 1.29 is 13.2 Å². The van der Waals surface area contributed by atoms with E-state index in [1.807, 2.05) is 0 Å². The smallest absolute Gasteiger partial charge is 0.255 e. The third-order valence-electron chi connectivity index (χ3n) is 1.86. The zero-order valence-electron chi connectivity index (χ0n) is 8.04. The van der Waals surface area contributed by atoms with Crippen LogP contribution in [0, 0.1) is 17.1 Å². The maximum atomic E-state index is 12.9. The van der Waals surface area contributed by atoms with E-state index in [4.69, 9.17) is 5.26 Å². The Morgan fingerprint density at radius 3 is 2.60 bits per heavy atom. The Morgan fingerprint density at radius 2 is 2.07 bits per heavy atom. The van der Waals surface area contributed by atoms with E-state index < -0.39 is 18.8 Å². The highest BCUT2D eigenvalue weighted by Gasteiger charge is 2.10. The van der Waals surface area contributed by atoms with Crippen LogP contribution in [0.5, 0.6) is 0 Å². The number of alkyl halides is 2. The van der Waals surface area contributed by atoms with Crippen molar-refractivity contribution in [2.24, 2.45) is 0 Å². The molecule has 0 amide bonds. The van der Waals surface area contributed by atoms with Crippen molar-refractivity contribution in [3.05, 3.63) is 29.6 Å². The van der Waals surface area contributed by atoms with Crippen molar-refractivity contribution in [2.75, 3.05) is 18.5 Å². The summed E-state index contributed by atoms with van der Waals surface area (Å²) in [6, 6.07) is 5.30. The number of hydrogen-bond donors (Lipinski definition) is 0. The van der Waals surface area contributed by atoms with E-state index in [1.54, 1.807) is 6.07 Å². The van der Waals surface area contributed by atoms with E-state index >= 15 is 0 Å². The molecule has 0 heterocycles. The van der Waals surface area contributed by atoms with Crippen LogP contribution in [-0.2, 0) is 0 Å². The Labute approximate surface area is 85.5 Å². The predicted octanol–water partition coefficient (Wildman–Crippen LogP) is 2.40. The molecule has 0 N–H and O–H groups in total. The van der Waals surface area contributed by atoms with Crippen LogP contribution in [0.1, 0.15) is 5.56 Å². The van der Waals surface area contributed by atoms with Crippen molar-refractivity contribution in [2.45, 2.75) is 6.43 Å². The van der Waals surface area contributed by atoms with Gasteiger partial charge in [-0.25, -0.2) is 13.2 Å². The summed E-state index contributed by atoms with van der Waals surface area (Å²) in [4.78, 5) is 1.20. The molecule has 0 saturated heterocycles. The summed E-state index contributed by atoms with van der Waals surface area (Å²) in [7, 11) is 1.42. The number of nitrogens with zero attached hydrogens (tertiary/aromatic N) is 2. The minimum atomic E-state index is -2.50. The summed E-state index contributed by atoms with van der Waals surface area (Å²) in [5, 5.41) is 8.57. The van der Waals surface area contributed by atoms with E-state index in [9.17, 15) is 13.2 Å². The molecule has 80 valence electrons. The fourth-order valence-electron chi connectivity index (χ4n) is 1.17. The summed E-state index contributed by atoms with van der Waals surface area (Å²) >= 11 is 0. The molecule has 0 aliphatic carbocycles. The number of benzene rings is 1. The molecule has 0 aliphatic heterocycles. The van der Waals surface area contributed by atoms with E-state index in [0.717, 1.165) is 12.1 Å². The molecule has 2 nitrogen and oxygen atoms in total. The molecule has 0 atom stereocenters. The van der Waals surface area contributed by atoms with Crippen molar-refractivity contribution >= 4 is 5.69 Å². The maximum Gasteiger partial charge on any atom is 0.255 e. The van der Waals surface area contributed by atoms with Gasteiger partial charge >= 0.3 is 0 Å². The van der Waals surface area contributed by atoms with Crippen LogP contribution in [-0.4, -0.2) is 20.0 Å². The van der Waals surface area contributed by atoms with Gasteiger partial charge in [-0.15, -0.1) is 0 Å². The third kappa shape index (κ3) is 3.17. The van der Waals surface area contributed by atoms with Gasteiger partial charge in [0.05, 0.1) is 18.2 Å². The molecule has 0 bridgehead atoms. The Kier molecular flexibility index (Phi) is 3.56. The molecule has 0 aliphatic rings. The van der Waals surface area contributed by atoms with Crippen LogP contribution < -0.4 is 4.90 Å². The molecule has 15 heavy (non-hydrogen) atoms. The topological polar surface area (TPSA) is 27.0 Å². The average molecular weight is 214 g/mol. The van der Waals surface area contributed by atoms with E-state index in [-0.39, 0.29) is 11.3 Å². The molecular weight excluding hydrogens is 205 g/mol. The Hall–Kier alpha value is -1.70. The summed E-state index contributed by atoms with van der Waals surface area (Å²) < 4.78 is 37.1. The fourth-order valence-corrected chi connectivity index (χ4v) is 1.17. The van der Waals surface area contributed by atoms with Crippen molar-refractivity contribution in [1.82, 2.24) is 0 Å². The number of rotatable bonds is 3. The SMILES string of the molecule is CN(CC(F)F)c1cc(F)cc(C#N)c1. The quantitative estimate of drug-likeness (QED) is 0.772. The van der Waals surface area contributed by atoms with Gasteiger partial charge in [0.15, 0.2) is 0 Å². The van der Waals surface area contributed by atoms with Crippen molar-refractivity contribution in [3.8, 4) is 6.07 Å². The lowest BCUT2D eigenvalue weighted by Crippen LogP contribution is -2.24. The van der Waals surface area contributed by atoms with Crippen molar-refractivity contribution in [3.63, 3.8) is 0 Å². The first-order valence-corrected chi connectivity index (χ1v) is 4.23. The maximum absolute atomic E-state index is 12.9. The standard InChI is InChI=1S/C10H9F3N2/c1-15(6-10(12)13)9-3-7(5-14)2-8(11)4-9/h2-4,10H,6H2,1H3. The molecule has 1 aromatic rings. The lowest BCUT2D eigenvalue weighted by atomic mass is 10.2. The number of hydrogen-bond acceptors (Lipinski definition) is 2. The lowest BCUT2D eigenvalue weighted by molar-refractivity contribution is 0.156. The van der Waals surface area contributed by atoms with Gasteiger partial charge in [-0.1, -0.05) is 0 Å². The summed E-state index contributed by atoms with van der Waals surface area (Å²) in [6.45, 7) is -0.492. The van der Waals surface area contributed by atoms with Crippen molar-refractivity contribution in [1.29, 1.82) is 5.26 Å². The Morgan fingerprint density at radius 1 is 1.40 bits per heavy atom. The molecule has 0 spiro atoms. The van der Waals surface area contributed by atoms with Crippen LogP contribution in [0.2, 0.25) is 0 Å². The molecule has 0 aromatic heterocycles. The number of anilines is 1. The van der Waals surface area contributed by atoms with Gasteiger partial charge < -0.3 is 4.90 Å². The second kappa shape index (κ2) is 4.69. The van der Waals surface area contributed by atoms with E-state index in [2.05, 4.69) is 0 Å². The fraction of sp³-hybridized carbons (Fsp3) is 0.300. The van der Waals surface area contributed by atoms with Gasteiger partial charge in [-0.05, 0) is 18.2 Å². The molecule has 0 fully saturated rings. The van der Waals surface area contributed by atoms with Gasteiger partial charge in [0.2, 0.25) is 0 Å². The third-order valence-corrected chi connectivity index (χ3v) is 1.86. The normalized spacial score (nSPS) is 10.1. The zero-order chi connectivity index (χ0) is 11.4. The molecule has 0 unspecified atom stereocenters. The first kappa shape index (κ1) is 11.4. The van der Waals surface area contributed by atoms with Gasteiger partial charge in [-0.3, -0.25) is 0 Å². The Balaban J connectivity index is 2.94. The monoisotopic (exact) mass is 214 g/mol. The highest BCUT2D eigenvalue weighted by atomic mass is 19.3. The minimum Gasteiger partial charge on any atom is -0.369 e. The van der Waals surface area contributed by atoms with Gasteiger partial charge in [0.1, 0.15) is 5.82 Å². The molecule has 1 rings (SSSR count). The summed E-state index contributed by atoms with van der Waals surface area (Å²) in [6.07, 6.45) is -2.50. The average Bonchev–Trinajstić information content (AvgIpc) is 2.15. The van der Waals surface area contributed by atoms with Crippen LogP contribution in [0.25, 0.3) is 0 Å². The molecule has 0 radical (unpaired) electrons. The molecule has 0 saturated carbocycles. The minimum absolute atomic E-state index is 0.117. The van der Waals surface area contributed by atoms with E-state index in [1.165, 1.54) is 18.0 Å². The molecule has 5 heteroatoms. The first-order valence-electron chi connectivity index (χ1n) is 4.23. The highest BCUT2D eigenvalue weighted by molar-refractivity contribution is 5.51. The van der Waals surface area contributed by atoms with Crippen LogP contribution in [0.3, 0.4) is 0 Å². The number of halogens is 3. The van der Waals surface area contributed by atoms with Gasteiger partial charge in [0, 0.05) is 12.7 Å². The predicted molar refractivity (Wildman–Crippen MR) is 50.4 cm³/mol. The zero-order valence-corrected chi connectivity index (χ0v) is 8.04.